The highest BCUT2D eigenvalue weighted by atomic mass is 16.5. The normalized spacial score (nSPS) is 28.3. The molecule has 4 heteroatoms. The number of benzene rings is 1. The van der Waals surface area contributed by atoms with Crippen LogP contribution in [0.25, 0.3) is 0 Å². The Balaban J connectivity index is 1.56. The van der Waals surface area contributed by atoms with Crippen molar-refractivity contribution in [1.82, 2.24) is 10.6 Å². The third-order valence-corrected chi connectivity index (χ3v) is 4.51. The summed E-state index contributed by atoms with van der Waals surface area (Å²) in [5.41, 5.74) is 1.17. The van der Waals surface area contributed by atoms with Crippen molar-refractivity contribution in [3.63, 3.8) is 0 Å². The maximum atomic E-state index is 12.3. The first-order valence-electron chi connectivity index (χ1n) is 8.03. The molecular weight excluding hydrogens is 264 g/mol. The number of hydrogen-bond donors (Lipinski definition) is 2. The molecule has 114 valence electrons. The zero-order chi connectivity index (χ0) is 14.7. The molecule has 1 aromatic rings. The molecule has 2 fully saturated rings. The van der Waals surface area contributed by atoms with Crippen LogP contribution in [-0.4, -0.2) is 24.3 Å². The summed E-state index contributed by atoms with van der Waals surface area (Å²) < 4.78 is 5.78. The molecule has 2 aliphatic rings. The van der Waals surface area contributed by atoms with E-state index in [1.807, 2.05) is 18.2 Å². The van der Waals surface area contributed by atoms with E-state index >= 15 is 0 Å². The molecule has 0 spiro atoms. The van der Waals surface area contributed by atoms with Gasteiger partial charge in [0, 0.05) is 0 Å². The van der Waals surface area contributed by atoms with Crippen LogP contribution >= 0.6 is 0 Å². The maximum Gasteiger partial charge on any atom is 0.315 e. The molecule has 2 N–H and O–H groups in total. The van der Waals surface area contributed by atoms with Crippen LogP contribution in [0.1, 0.15) is 50.6 Å². The van der Waals surface area contributed by atoms with E-state index in [4.69, 9.17) is 4.74 Å². The minimum atomic E-state index is -0.0709. The predicted octanol–water partition coefficient (Wildman–Crippen LogP) is 3.15. The van der Waals surface area contributed by atoms with Gasteiger partial charge in [-0.1, -0.05) is 43.7 Å². The Hall–Kier alpha value is -1.55. The molecule has 2 aliphatic heterocycles. The highest BCUT2D eigenvalue weighted by molar-refractivity contribution is 5.75. The molecule has 0 aromatic heterocycles. The van der Waals surface area contributed by atoms with Crippen molar-refractivity contribution in [2.45, 2.75) is 63.3 Å². The third kappa shape index (κ3) is 3.38. The fourth-order valence-corrected chi connectivity index (χ4v) is 3.45. The third-order valence-electron chi connectivity index (χ3n) is 4.51. The largest absolute Gasteiger partial charge is 0.373 e. The zero-order valence-electron chi connectivity index (χ0n) is 12.5. The van der Waals surface area contributed by atoms with Crippen LogP contribution in [0.5, 0.6) is 0 Å². The minimum Gasteiger partial charge on any atom is -0.373 e. The molecule has 0 aliphatic carbocycles. The van der Waals surface area contributed by atoms with Gasteiger partial charge in [-0.25, -0.2) is 4.79 Å². The number of fused-ring (bicyclic) bond motifs is 2. The lowest BCUT2D eigenvalue weighted by molar-refractivity contribution is 0.0980. The first-order chi connectivity index (χ1) is 10.3. The summed E-state index contributed by atoms with van der Waals surface area (Å²) in [5.74, 6) is 0. The summed E-state index contributed by atoms with van der Waals surface area (Å²) in [7, 11) is 0. The van der Waals surface area contributed by atoms with E-state index in [0.29, 0.717) is 6.10 Å². The van der Waals surface area contributed by atoms with Gasteiger partial charge in [-0.05, 0) is 31.2 Å². The smallest absolute Gasteiger partial charge is 0.315 e. The van der Waals surface area contributed by atoms with E-state index in [-0.39, 0.29) is 24.2 Å². The van der Waals surface area contributed by atoms with Gasteiger partial charge >= 0.3 is 6.03 Å². The Morgan fingerprint density at radius 1 is 1.33 bits per heavy atom. The number of carbonyl (C=O) groups is 1. The topological polar surface area (TPSA) is 50.4 Å². The maximum absolute atomic E-state index is 12.3. The first kappa shape index (κ1) is 14.4. The quantitative estimate of drug-likeness (QED) is 0.874. The number of ether oxygens (including phenoxy) is 1. The van der Waals surface area contributed by atoms with Gasteiger partial charge < -0.3 is 15.4 Å². The summed E-state index contributed by atoms with van der Waals surface area (Å²) in [6.07, 6.45) is 5.76. The number of rotatable bonds is 5. The Kier molecular flexibility index (Phi) is 4.44. The lowest BCUT2D eigenvalue weighted by Gasteiger charge is -2.23. The van der Waals surface area contributed by atoms with Gasteiger partial charge in [-0.2, -0.15) is 0 Å². The molecule has 3 rings (SSSR count). The van der Waals surface area contributed by atoms with Gasteiger partial charge in [0.2, 0.25) is 0 Å². The van der Waals surface area contributed by atoms with Crippen molar-refractivity contribution in [2.24, 2.45) is 0 Å². The van der Waals surface area contributed by atoms with Crippen LogP contribution in [0.2, 0.25) is 0 Å². The van der Waals surface area contributed by atoms with E-state index in [9.17, 15) is 4.79 Å². The molecular formula is C17H24N2O2. The van der Waals surface area contributed by atoms with Crippen LogP contribution in [0, 0.1) is 0 Å². The number of carbonyl (C=O) groups excluding carboxylic acids is 1. The Bertz CT molecular complexity index is 477. The fraction of sp³-hybridized carbons (Fsp3) is 0.588. The number of amides is 2. The molecule has 0 radical (unpaired) electrons. The van der Waals surface area contributed by atoms with Crippen LogP contribution in [0.3, 0.4) is 0 Å². The summed E-state index contributed by atoms with van der Waals surface area (Å²) in [5, 5.41) is 6.21. The number of urea groups is 1. The summed E-state index contributed by atoms with van der Waals surface area (Å²) >= 11 is 0. The fourth-order valence-electron chi connectivity index (χ4n) is 3.45. The van der Waals surface area contributed by atoms with E-state index < -0.39 is 0 Å². The van der Waals surface area contributed by atoms with Crippen LogP contribution in [0.4, 0.5) is 4.79 Å². The summed E-state index contributed by atoms with van der Waals surface area (Å²) in [4.78, 5) is 12.3. The molecule has 4 nitrogen and oxygen atoms in total. The molecule has 0 saturated carbocycles. The Morgan fingerprint density at radius 2 is 2.14 bits per heavy atom. The lowest BCUT2D eigenvalue weighted by atomic mass is 9.95. The van der Waals surface area contributed by atoms with E-state index in [1.165, 1.54) is 5.56 Å². The Labute approximate surface area is 126 Å². The second-order valence-corrected chi connectivity index (χ2v) is 6.09. The van der Waals surface area contributed by atoms with Gasteiger partial charge in [0.05, 0.1) is 24.3 Å². The van der Waals surface area contributed by atoms with Crippen molar-refractivity contribution >= 4 is 6.03 Å². The molecule has 1 aromatic carbocycles. The molecule has 21 heavy (non-hydrogen) atoms. The van der Waals surface area contributed by atoms with E-state index in [1.54, 1.807) is 0 Å². The van der Waals surface area contributed by atoms with Gasteiger partial charge in [0.15, 0.2) is 0 Å². The van der Waals surface area contributed by atoms with Gasteiger partial charge in [0.25, 0.3) is 0 Å². The first-order valence-corrected chi connectivity index (χ1v) is 8.03. The Morgan fingerprint density at radius 3 is 2.76 bits per heavy atom. The lowest BCUT2D eigenvalue weighted by Crippen LogP contribution is -2.47. The monoisotopic (exact) mass is 288 g/mol. The van der Waals surface area contributed by atoms with Gasteiger partial charge in [-0.3, -0.25) is 0 Å². The van der Waals surface area contributed by atoms with Crippen molar-refractivity contribution < 1.29 is 9.53 Å². The molecule has 2 bridgehead atoms. The highest BCUT2D eigenvalue weighted by Gasteiger charge is 2.41. The molecule has 0 unspecified atom stereocenters. The standard InChI is InChI=1S/C17H24N2O2/c1-2-6-14(12-7-4-3-5-8-12)18-17(20)19-15-11-13-9-10-16(15)21-13/h3-5,7-8,13-16H,2,6,9-11H2,1H3,(H2,18,19,20)/t13-,14-,15+,16-/m1/s1. The van der Waals surface area contributed by atoms with Crippen molar-refractivity contribution in [2.75, 3.05) is 0 Å². The SMILES string of the molecule is CCC[C@@H](NC(=O)N[C@H]1C[C@H]2CC[C@H]1O2)c1ccccc1. The molecule has 4 atom stereocenters. The predicted molar refractivity (Wildman–Crippen MR) is 82.1 cm³/mol. The van der Waals surface area contributed by atoms with Crippen molar-refractivity contribution in [3.8, 4) is 0 Å². The van der Waals surface area contributed by atoms with Crippen molar-refractivity contribution in [1.29, 1.82) is 0 Å². The number of nitrogens with one attached hydrogen (secondary N) is 2. The average molecular weight is 288 g/mol. The van der Waals surface area contributed by atoms with E-state index in [0.717, 1.165) is 32.1 Å². The second-order valence-electron chi connectivity index (χ2n) is 6.09. The molecule has 2 amide bonds. The van der Waals surface area contributed by atoms with Crippen LogP contribution in [0.15, 0.2) is 30.3 Å². The zero-order valence-corrected chi connectivity index (χ0v) is 12.5. The average Bonchev–Trinajstić information content (AvgIpc) is 3.10. The molecule has 2 saturated heterocycles. The summed E-state index contributed by atoms with van der Waals surface area (Å²) in [6.45, 7) is 2.14. The van der Waals surface area contributed by atoms with Gasteiger partial charge in [-0.15, -0.1) is 0 Å². The van der Waals surface area contributed by atoms with Crippen LogP contribution in [-0.2, 0) is 4.74 Å². The summed E-state index contributed by atoms with van der Waals surface area (Å²) in [6, 6.07) is 10.4. The minimum absolute atomic E-state index is 0.0709. The van der Waals surface area contributed by atoms with Crippen LogP contribution < -0.4 is 10.6 Å². The van der Waals surface area contributed by atoms with Crippen molar-refractivity contribution in [3.05, 3.63) is 35.9 Å². The van der Waals surface area contributed by atoms with Gasteiger partial charge in [0.1, 0.15) is 0 Å². The number of hydrogen-bond acceptors (Lipinski definition) is 2. The molecule has 2 heterocycles. The highest BCUT2D eigenvalue weighted by Crippen LogP contribution is 2.34. The second kappa shape index (κ2) is 6.48. The van der Waals surface area contributed by atoms with E-state index in [2.05, 4.69) is 29.7 Å².